The number of hydrogen-bond donors (Lipinski definition) is 2. The largest absolute Gasteiger partial charge is 0.497 e. The van der Waals surface area contributed by atoms with Crippen molar-refractivity contribution in [1.82, 2.24) is 5.32 Å². The van der Waals surface area contributed by atoms with Crippen LogP contribution in [0.15, 0.2) is 18.2 Å². The van der Waals surface area contributed by atoms with Crippen LogP contribution in [0.2, 0.25) is 0 Å². The average Bonchev–Trinajstić information content (AvgIpc) is 2.90. The molecule has 0 saturated carbocycles. The molecule has 0 radical (unpaired) electrons. The number of nitrogens with two attached hydrogens (primary N) is 1. The summed E-state index contributed by atoms with van der Waals surface area (Å²) in [6, 6.07) is 5.85. The Hall–Kier alpha value is -1.26. The predicted molar refractivity (Wildman–Crippen MR) is 72.1 cm³/mol. The number of methoxy groups -OCH3 is 2. The van der Waals surface area contributed by atoms with Gasteiger partial charge in [-0.1, -0.05) is 6.07 Å². The standard InChI is InChI=1S/C14H22N2O2/c1-17-11-3-4-12(14(8-11)18-2)13(15)7-10-5-6-16-9-10/h3-4,8,10,13,16H,5-7,9,15H2,1-2H3. The van der Waals surface area contributed by atoms with Crippen molar-refractivity contribution in [3.63, 3.8) is 0 Å². The van der Waals surface area contributed by atoms with E-state index in [2.05, 4.69) is 5.32 Å². The van der Waals surface area contributed by atoms with Gasteiger partial charge in [0, 0.05) is 17.7 Å². The first-order chi connectivity index (χ1) is 8.74. The maximum absolute atomic E-state index is 6.29. The fourth-order valence-corrected chi connectivity index (χ4v) is 2.53. The Balaban J connectivity index is 2.10. The van der Waals surface area contributed by atoms with Crippen LogP contribution in [-0.2, 0) is 0 Å². The molecular weight excluding hydrogens is 228 g/mol. The number of rotatable bonds is 5. The molecule has 1 aromatic rings. The number of nitrogens with one attached hydrogen (secondary N) is 1. The Morgan fingerprint density at radius 3 is 2.83 bits per heavy atom. The van der Waals surface area contributed by atoms with E-state index in [4.69, 9.17) is 15.2 Å². The fraction of sp³-hybridized carbons (Fsp3) is 0.571. The van der Waals surface area contributed by atoms with E-state index in [0.29, 0.717) is 5.92 Å². The molecule has 0 spiro atoms. The van der Waals surface area contributed by atoms with E-state index in [0.717, 1.165) is 36.6 Å². The van der Waals surface area contributed by atoms with Gasteiger partial charge in [-0.2, -0.15) is 0 Å². The van der Waals surface area contributed by atoms with Crippen LogP contribution in [0, 0.1) is 5.92 Å². The Morgan fingerprint density at radius 1 is 1.39 bits per heavy atom. The second-order valence-corrected chi connectivity index (χ2v) is 4.81. The van der Waals surface area contributed by atoms with Crippen molar-refractivity contribution in [2.75, 3.05) is 27.3 Å². The summed E-state index contributed by atoms with van der Waals surface area (Å²) in [5.74, 6) is 2.28. The molecule has 0 amide bonds. The Labute approximate surface area is 108 Å². The van der Waals surface area contributed by atoms with Gasteiger partial charge in [0.05, 0.1) is 14.2 Å². The van der Waals surface area contributed by atoms with Crippen molar-refractivity contribution in [3.8, 4) is 11.5 Å². The SMILES string of the molecule is COc1ccc(C(N)CC2CCNC2)c(OC)c1. The lowest BCUT2D eigenvalue weighted by Crippen LogP contribution is -2.18. The predicted octanol–water partition coefficient (Wildman–Crippen LogP) is 1.70. The minimum absolute atomic E-state index is 0.0238. The molecule has 2 atom stereocenters. The summed E-state index contributed by atoms with van der Waals surface area (Å²) in [6.45, 7) is 2.18. The molecule has 1 heterocycles. The molecule has 1 aliphatic heterocycles. The van der Waals surface area contributed by atoms with E-state index in [1.54, 1.807) is 14.2 Å². The summed E-state index contributed by atoms with van der Waals surface area (Å²) in [7, 11) is 3.32. The van der Waals surface area contributed by atoms with Gasteiger partial charge in [0.2, 0.25) is 0 Å². The maximum atomic E-state index is 6.29. The Kier molecular flexibility index (Phi) is 4.44. The van der Waals surface area contributed by atoms with Crippen molar-refractivity contribution in [2.45, 2.75) is 18.9 Å². The third kappa shape index (κ3) is 2.94. The van der Waals surface area contributed by atoms with Gasteiger partial charge in [-0.25, -0.2) is 0 Å². The molecular formula is C14H22N2O2. The quantitative estimate of drug-likeness (QED) is 0.835. The first-order valence-corrected chi connectivity index (χ1v) is 6.42. The van der Waals surface area contributed by atoms with Gasteiger partial charge in [-0.05, 0) is 37.9 Å². The summed E-state index contributed by atoms with van der Waals surface area (Å²) < 4.78 is 10.6. The second-order valence-electron chi connectivity index (χ2n) is 4.81. The summed E-state index contributed by atoms with van der Waals surface area (Å²) in [6.07, 6.45) is 2.21. The van der Waals surface area contributed by atoms with Crippen molar-refractivity contribution in [1.29, 1.82) is 0 Å². The molecule has 1 fully saturated rings. The lowest BCUT2D eigenvalue weighted by molar-refractivity contribution is 0.383. The molecule has 1 saturated heterocycles. The zero-order chi connectivity index (χ0) is 13.0. The van der Waals surface area contributed by atoms with Crippen LogP contribution < -0.4 is 20.5 Å². The molecule has 0 aromatic heterocycles. The van der Waals surface area contributed by atoms with Gasteiger partial charge >= 0.3 is 0 Å². The van der Waals surface area contributed by atoms with Gasteiger partial charge in [0.25, 0.3) is 0 Å². The minimum Gasteiger partial charge on any atom is -0.497 e. The van der Waals surface area contributed by atoms with E-state index in [1.165, 1.54) is 6.42 Å². The van der Waals surface area contributed by atoms with Gasteiger partial charge in [0.15, 0.2) is 0 Å². The normalized spacial score (nSPS) is 20.7. The van der Waals surface area contributed by atoms with Gasteiger partial charge in [-0.3, -0.25) is 0 Å². The average molecular weight is 250 g/mol. The van der Waals surface area contributed by atoms with Crippen molar-refractivity contribution >= 4 is 0 Å². The van der Waals surface area contributed by atoms with E-state index >= 15 is 0 Å². The van der Waals surface area contributed by atoms with Gasteiger partial charge in [-0.15, -0.1) is 0 Å². The highest BCUT2D eigenvalue weighted by molar-refractivity contribution is 5.42. The molecule has 1 aliphatic rings. The van der Waals surface area contributed by atoms with Crippen LogP contribution in [0.3, 0.4) is 0 Å². The number of benzene rings is 1. The monoisotopic (exact) mass is 250 g/mol. The van der Waals surface area contributed by atoms with E-state index in [1.807, 2.05) is 18.2 Å². The van der Waals surface area contributed by atoms with Crippen molar-refractivity contribution in [2.24, 2.45) is 11.7 Å². The molecule has 2 rings (SSSR count). The van der Waals surface area contributed by atoms with Gasteiger partial charge in [0.1, 0.15) is 11.5 Å². The van der Waals surface area contributed by atoms with Crippen LogP contribution in [-0.4, -0.2) is 27.3 Å². The molecule has 1 aromatic carbocycles. The topological polar surface area (TPSA) is 56.5 Å². The van der Waals surface area contributed by atoms with Gasteiger partial charge < -0.3 is 20.5 Å². The molecule has 18 heavy (non-hydrogen) atoms. The molecule has 4 heteroatoms. The number of hydrogen-bond acceptors (Lipinski definition) is 4. The first-order valence-electron chi connectivity index (χ1n) is 6.42. The molecule has 4 nitrogen and oxygen atoms in total. The number of ether oxygens (including phenoxy) is 2. The summed E-state index contributed by atoms with van der Waals surface area (Å²) in [4.78, 5) is 0. The molecule has 3 N–H and O–H groups in total. The third-order valence-corrected chi connectivity index (χ3v) is 3.59. The molecule has 100 valence electrons. The summed E-state index contributed by atoms with van der Waals surface area (Å²) in [5.41, 5.74) is 7.35. The van der Waals surface area contributed by atoms with Crippen molar-refractivity contribution < 1.29 is 9.47 Å². The smallest absolute Gasteiger partial charge is 0.127 e. The van der Waals surface area contributed by atoms with Crippen LogP contribution >= 0.6 is 0 Å². The van der Waals surface area contributed by atoms with E-state index in [-0.39, 0.29) is 6.04 Å². The molecule has 2 unspecified atom stereocenters. The summed E-state index contributed by atoms with van der Waals surface area (Å²) >= 11 is 0. The highest BCUT2D eigenvalue weighted by atomic mass is 16.5. The maximum Gasteiger partial charge on any atom is 0.127 e. The van der Waals surface area contributed by atoms with Crippen LogP contribution in [0.4, 0.5) is 0 Å². The Morgan fingerprint density at radius 2 is 2.22 bits per heavy atom. The lowest BCUT2D eigenvalue weighted by Gasteiger charge is -2.19. The lowest BCUT2D eigenvalue weighted by atomic mass is 9.94. The zero-order valence-electron chi connectivity index (χ0n) is 11.1. The van der Waals surface area contributed by atoms with Crippen LogP contribution in [0.5, 0.6) is 11.5 Å². The molecule has 0 bridgehead atoms. The Bertz CT molecular complexity index is 389. The summed E-state index contributed by atoms with van der Waals surface area (Å²) in [5, 5.41) is 3.37. The van der Waals surface area contributed by atoms with E-state index in [9.17, 15) is 0 Å². The first kappa shape index (κ1) is 13.2. The van der Waals surface area contributed by atoms with Crippen LogP contribution in [0.25, 0.3) is 0 Å². The molecule has 0 aliphatic carbocycles. The third-order valence-electron chi connectivity index (χ3n) is 3.59. The van der Waals surface area contributed by atoms with Crippen molar-refractivity contribution in [3.05, 3.63) is 23.8 Å². The minimum atomic E-state index is 0.0238. The zero-order valence-corrected chi connectivity index (χ0v) is 11.1. The second kappa shape index (κ2) is 6.07. The highest BCUT2D eigenvalue weighted by Crippen LogP contribution is 2.32. The van der Waals surface area contributed by atoms with E-state index < -0.39 is 0 Å². The van der Waals surface area contributed by atoms with Crippen LogP contribution in [0.1, 0.15) is 24.4 Å². The fourth-order valence-electron chi connectivity index (χ4n) is 2.53. The highest BCUT2D eigenvalue weighted by Gasteiger charge is 2.20.